The molecule has 0 heterocycles. The number of ether oxygens (including phenoxy) is 1. The minimum absolute atomic E-state index is 0. The molecule has 0 aliphatic rings. The van der Waals surface area contributed by atoms with E-state index >= 15 is 0 Å². The number of rotatable bonds is 0. The van der Waals surface area contributed by atoms with Crippen LogP contribution in [0.5, 0.6) is 0 Å². The van der Waals surface area contributed by atoms with E-state index in [0.29, 0.717) is 0 Å². The van der Waals surface area contributed by atoms with Gasteiger partial charge in [-0.05, 0) is 0 Å². The number of nitrogens with one attached hydrogen (secondary N) is 1. The van der Waals surface area contributed by atoms with Crippen molar-refractivity contribution in [2.45, 2.75) is 0 Å². The van der Waals surface area contributed by atoms with E-state index in [1.165, 1.54) is 7.11 Å². The summed E-state index contributed by atoms with van der Waals surface area (Å²) < 4.78 is 4.02. The second-order valence-corrected chi connectivity index (χ2v) is 0.905. The fourth-order valence-corrected chi connectivity index (χ4v) is 0.110. The van der Waals surface area contributed by atoms with Crippen LogP contribution in [0.15, 0.2) is 0 Å². The van der Waals surface area contributed by atoms with Gasteiger partial charge in [0.15, 0.2) is 0 Å². The highest BCUT2D eigenvalue weighted by molar-refractivity contribution is 8.93. The van der Waals surface area contributed by atoms with Crippen molar-refractivity contribution in [1.29, 1.82) is 5.41 Å². The van der Waals surface area contributed by atoms with Gasteiger partial charge < -0.3 is 10.5 Å². The molecule has 0 unspecified atom stereocenters. The van der Waals surface area contributed by atoms with Gasteiger partial charge in [-0.1, -0.05) is 0 Å². The van der Waals surface area contributed by atoms with Crippen LogP contribution in [0.4, 0.5) is 0 Å². The fourth-order valence-electron chi connectivity index (χ4n) is 0.110. The molecular formula is C3H7BrN2O2. The molecule has 0 aromatic heterocycles. The maximum Gasteiger partial charge on any atom is 0.372 e. The molecule has 0 atom stereocenters. The first-order valence-electron chi connectivity index (χ1n) is 1.61. The van der Waals surface area contributed by atoms with E-state index in [2.05, 4.69) is 10.5 Å². The van der Waals surface area contributed by atoms with Gasteiger partial charge in [-0.3, -0.25) is 5.41 Å². The SMILES string of the molecule is Br.COC(=O)C(=N)N. The molecule has 0 aromatic carbocycles. The van der Waals surface area contributed by atoms with E-state index in [1.54, 1.807) is 0 Å². The van der Waals surface area contributed by atoms with Gasteiger partial charge in [-0.2, -0.15) is 0 Å². The molecule has 3 N–H and O–H groups in total. The van der Waals surface area contributed by atoms with Crippen LogP contribution in [0.1, 0.15) is 0 Å². The number of amidine groups is 1. The molecule has 4 nitrogen and oxygen atoms in total. The van der Waals surface area contributed by atoms with E-state index in [1.807, 2.05) is 0 Å². The summed E-state index contributed by atoms with van der Waals surface area (Å²) >= 11 is 0. The Morgan fingerprint density at radius 2 is 2.12 bits per heavy atom. The van der Waals surface area contributed by atoms with E-state index in [0.717, 1.165) is 0 Å². The molecule has 0 radical (unpaired) electrons. The van der Waals surface area contributed by atoms with E-state index in [4.69, 9.17) is 5.41 Å². The lowest BCUT2D eigenvalue weighted by Gasteiger charge is -1.89. The zero-order valence-electron chi connectivity index (χ0n) is 4.30. The van der Waals surface area contributed by atoms with Crippen molar-refractivity contribution in [3.63, 3.8) is 0 Å². The van der Waals surface area contributed by atoms with Crippen molar-refractivity contribution in [2.24, 2.45) is 5.73 Å². The van der Waals surface area contributed by atoms with Crippen molar-refractivity contribution in [3.05, 3.63) is 0 Å². The fraction of sp³-hybridized carbons (Fsp3) is 0.333. The quantitative estimate of drug-likeness (QED) is 0.306. The van der Waals surface area contributed by atoms with Gasteiger partial charge in [0.1, 0.15) is 0 Å². The molecule has 0 aliphatic carbocycles. The number of halogens is 1. The first kappa shape index (κ1) is 10.4. The molecule has 48 valence electrons. The van der Waals surface area contributed by atoms with Crippen LogP contribution in [-0.4, -0.2) is 18.9 Å². The third-order valence-corrected chi connectivity index (χ3v) is 0.405. The van der Waals surface area contributed by atoms with Crippen LogP contribution in [0.2, 0.25) is 0 Å². The Kier molecular flexibility index (Phi) is 5.95. The molecule has 0 spiro atoms. The normalized spacial score (nSPS) is 6.62. The number of carbonyl (C=O) groups is 1. The van der Waals surface area contributed by atoms with Crippen molar-refractivity contribution in [3.8, 4) is 0 Å². The monoisotopic (exact) mass is 182 g/mol. The van der Waals surface area contributed by atoms with Gasteiger partial charge in [-0.15, -0.1) is 17.0 Å². The minimum Gasteiger partial charge on any atom is -0.463 e. The molecule has 0 saturated carbocycles. The highest BCUT2D eigenvalue weighted by Crippen LogP contribution is 1.66. The van der Waals surface area contributed by atoms with Crippen LogP contribution < -0.4 is 5.73 Å². The van der Waals surface area contributed by atoms with Crippen molar-refractivity contribution in [1.82, 2.24) is 0 Å². The molecule has 0 saturated heterocycles. The lowest BCUT2D eigenvalue weighted by molar-refractivity contribution is -0.132. The van der Waals surface area contributed by atoms with E-state index in [-0.39, 0.29) is 17.0 Å². The van der Waals surface area contributed by atoms with Crippen LogP contribution in [0.3, 0.4) is 0 Å². The maximum atomic E-state index is 9.94. The third kappa shape index (κ3) is 3.60. The number of methoxy groups -OCH3 is 1. The summed E-state index contributed by atoms with van der Waals surface area (Å²) in [6.45, 7) is 0. The minimum atomic E-state index is -0.792. The lowest BCUT2D eigenvalue weighted by Crippen LogP contribution is -2.23. The Morgan fingerprint density at radius 1 is 1.75 bits per heavy atom. The largest absolute Gasteiger partial charge is 0.463 e. The standard InChI is InChI=1S/C3H6N2O2.BrH/c1-7-3(6)2(4)5;/h1H3,(H3,4,5);1H. The third-order valence-electron chi connectivity index (χ3n) is 0.405. The van der Waals surface area contributed by atoms with E-state index < -0.39 is 11.8 Å². The predicted octanol–water partition coefficient (Wildman–Crippen LogP) is -0.327. The van der Waals surface area contributed by atoms with Crippen LogP contribution >= 0.6 is 17.0 Å². The molecule has 5 heteroatoms. The lowest BCUT2D eigenvalue weighted by atomic mass is 10.6. The maximum absolute atomic E-state index is 9.94. The summed E-state index contributed by atoms with van der Waals surface area (Å²) in [7, 11) is 1.17. The first-order valence-corrected chi connectivity index (χ1v) is 1.61. The number of hydrogen-bond acceptors (Lipinski definition) is 3. The second kappa shape index (κ2) is 4.58. The second-order valence-electron chi connectivity index (χ2n) is 0.905. The van der Waals surface area contributed by atoms with Gasteiger partial charge in [0.2, 0.25) is 5.84 Å². The van der Waals surface area contributed by atoms with Gasteiger partial charge in [0, 0.05) is 0 Å². The predicted molar refractivity (Wildman–Crippen MR) is 34.3 cm³/mol. The summed E-state index contributed by atoms with van der Waals surface area (Å²) in [5, 5.41) is 6.40. The Balaban J connectivity index is 0. The van der Waals surface area contributed by atoms with Gasteiger partial charge in [0.25, 0.3) is 0 Å². The number of nitrogens with two attached hydrogens (primary N) is 1. The van der Waals surface area contributed by atoms with Gasteiger partial charge in [0.05, 0.1) is 7.11 Å². The van der Waals surface area contributed by atoms with Crippen molar-refractivity contribution >= 4 is 28.8 Å². The topological polar surface area (TPSA) is 76.2 Å². The summed E-state index contributed by atoms with van der Waals surface area (Å²) in [4.78, 5) is 9.94. The summed E-state index contributed by atoms with van der Waals surface area (Å²) in [5.74, 6) is -1.36. The molecule has 0 aromatic rings. The van der Waals surface area contributed by atoms with Crippen molar-refractivity contribution < 1.29 is 9.53 Å². The summed E-state index contributed by atoms with van der Waals surface area (Å²) in [5.41, 5.74) is 4.66. The van der Waals surface area contributed by atoms with Crippen molar-refractivity contribution in [2.75, 3.05) is 7.11 Å². The zero-order valence-corrected chi connectivity index (χ0v) is 6.02. The van der Waals surface area contributed by atoms with Gasteiger partial charge in [-0.25, -0.2) is 4.79 Å². The smallest absolute Gasteiger partial charge is 0.372 e. The average molecular weight is 183 g/mol. The van der Waals surface area contributed by atoms with Crippen LogP contribution in [0.25, 0.3) is 0 Å². The molecule has 8 heavy (non-hydrogen) atoms. The number of carbonyl (C=O) groups excluding carboxylic acids is 1. The first-order chi connectivity index (χ1) is 3.18. The molecule has 0 aliphatic heterocycles. The Labute approximate surface area is 57.3 Å². The van der Waals surface area contributed by atoms with Crippen LogP contribution in [-0.2, 0) is 9.53 Å². The highest BCUT2D eigenvalue weighted by Gasteiger charge is 1.99. The molecule has 0 bridgehead atoms. The number of hydrogen-bond donors (Lipinski definition) is 2. The Morgan fingerprint density at radius 3 is 2.12 bits per heavy atom. The van der Waals surface area contributed by atoms with E-state index in [9.17, 15) is 4.79 Å². The molecule has 0 fully saturated rings. The van der Waals surface area contributed by atoms with Crippen LogP contribution in [0, 0.1) is 5.41 Å². The zero-order chi connectivity index (χ0) is 5.86. The Bertz CT molecular complexity index is 103. The summed E-state index contributed by atoms with van der Waals surface area (Å²) in [6.07, 6.45) is 0. The summed E-state index contributed by atoms with van der Waals surface area (Å²) in [6, 6.07) is 0. The van der Waals surface area contributed by atoms with Gasteiger partial charge >= 0.3 is 5.97 Å². The average Bonchev–Trinajstić information content (AvgIpc) is 1.65. The molecular weight excluding hydrogens is 176 g/mol. The molecule has 0 rings (SSSR count). The Hall–Kier alpha value is -0.580. The highest BCUT2D eigenvalue weighted by atomic mass is 79.9. The number of esters is 1. The molecule has 0 amide bonds.